The third kappa shape index (κ3) is 2.11. The zero-order valence-electron chi connectivity index (χ0n) is 10.8. The molecule has 7 heteroatoms. The first-order valence-electron chi connectivity index (χ1n) is 6.23. The maximum atomic E-state index is 13.4. The van der Waals surface area contributed by atoms with Gasteiger partial charge in [-0.15, -0.1) is 5.10 Å². The van der Waals surface area contributed by atoms with Crippen molar-refractivity contribution < 1.29 is 13.9 Å². The van der Waals surface area contributed by atoms with E-state index in [1.54, 1.807) is 10.7 Å². The summed E-state index contributed by atoms with van der Waals surface area (Å²) >= 11 is 0. The molecule has 0 saturated heterocycles. The lowest BCUT2D eigenvalue weighted by Crippen LogP contribution is -2.24. The Labute approximate surface area is 114 Å². The number of benzene rings is 1. The Balaban J connectivity index is 2.01. The maximum absolute atomic E-state index is 13.4. The predicted octanol–water partition coefficient (Wildman–Crippen LogP) is 1.61. The highest BCUT2D eigenvalue weighted by molar-refractivity contribution is 5.85. The minimum atomic E-state index is -0.591. The van der Waals surface area contributed by atoms with E-state index in [4.69, 9.17) is 0 Å². The van der Waals surface area contributed by atoms with Crippen molar-refractivity contribution >= 4 is 11.9 Å². The maximum Gasteiger partial charge on any atom is 0.378 e. The van der Waals surface area contributed by atoms with Crippen molar-refractivity contribution in [2.24, 2.45) is 0 Å². The molecule has 0 radical (unpaired) electrons. The van der Waals surface area contributed by atoms with Gasteiger partial charge in [0, 0.05) is 6.54 Å². The fourth-order valence-corrected chi connectivity index (χ4v) is 2.30. The molecule has 1 aromatic carbocycles. The van der Waals surface area contributed by atoms with Crippen LogP contribution in [0.3, 0.4) is 0 Å². The Bertz CT molecular complexity index is 656. The lowest BCUT2D eigenvalue weighted by atomic mass is 10.0. The number of nitrogens with one attached hydrogen (secondary N) is 1. The van der Waals surface area contributed by atoms with E-state index in [1.165, 1.54) is 19.2 Å². The van der Waals surface area contributed by atoms with Crippen LogP contribution < -0.4 is 5.32 Å². The second-order valence-corrected chi connectivity index (χ2v) is 4.48. The van der Waals surface area contributed by atoms with Crippen molar-refractivity contribution in [3.63, 3.8) is 0 Å². The fourth-order valence-electron chi connectivity index (χ4n) is 2.30. The zero-order chi connectivity index (χ0) is 14.1. The minimum Gasteiger partial charge on any atom is -0.463 e. The Morgan fingerprint density at radius 2 is 2.40 bits per heavy atom. The second-order valence-electron chi connectivity index (χ2n) is 4.48. The highest BCUT2D eigenvalue weighted by Crippen LogP contribution is 2.28. The standard InChI is InChI=1S/C13H13FN4O2/c1-20-12(19)11-16-13-15-6-5-10(18(13)17-11)8-3-2-4-9(14)7-8/h2-4,7,10H,5-6H2,1H3,(H,15,16,17). The van der Waals surface area contributed by atoms with Crippen LogP contribution in [0.25, 0.3) is 0 Å². The topological polar surface area (TPSA) is 69.0 Å². The number of carbonyl (C=O) groups excluding carboxylic acids is 1. The summed E-state index contributed by atoms with van der Waals surface area (Å²) in [7, 11) is 1.28. The van der Waals surface area contributed by atoms with E-state index in [9.17, 15) is 9.18 Å². The molecular formula is C13H13FN4O2. The number of fused-ring (bicyclic) bond motifs is 1. The van der Waals surface area contributed by atoms with Crippen LogP contribution in [0.4, 0.5) is 10.3 Å². The SMILES string of the molecule is COC(=O)c1nc2n(n1)C(c1cccc(F)c1)CCN2. The van der Waals surface area contributed by atoms with Crippen molar-refractivity contribution in [2.75, 3.05) is 19.0 Å². The molecular weight excluding hydrogens is 263 g/mol. The third-order valence-corrected chi connectivity index (χ3v) is 3.23. The van der Waals surface area contributed by atoms with Gasteiger partial charge in [0.15, 0.2) is 0 Å². The fraction of sp³-hybridized carbons (Fsp3) is 0.308. The van der Waals surface area contributed by atoms with Gasteiger partial charge >= 0.3 is 5.97 Å². The summed E-state index contributed by atoms with van der Waals surface area (Å²) in [5.41, 5.74) is 0.800. The van der Waals surface area contributed by atoms with Gasteiger partial charge in [-0.05, 0) is 24.1 Å². The Morgan fingerprint density at radius 1 is 1.55 bits per heavy atom. The summed E-state index contributed by atoms with van der Waals surface area (Å²) < 4.78 is 19.6. The molecule has 0 spiro atoms. The molecule has 0 fully saturated rings. The quantitative estimate of drug-likeness (QED) is 0.844. The molecule has 1 atom stereocenters. The molecule has 1 aliphatic heterocycles. The molecule has 1 aliphatic rings. The summed E-state index contributed by atoms with van der Waals surface area (Å²) in [6.45, 7) is 0.681. The number of hydrogen-bond donors (Lipinski definition) is 1. The van der Waals surface area contributed by atoms with Gasteiger partial charge in [0.1, 0.15) is 5.82 Å². The number of nitrogens with zero attached hydrogens (tertiary/aromatic N) is 3. The largest absolute Gasteiger partial charge is 0.463 e. The third-order valence-electron chi connectivity index (χ3n) is 3.23. The monoisotopic (exact) mass is 276 g/mol. The molecule has 1 unspecified atom stereocenters. The molecule has 0 amide bonds. The van der Waals surface area contributed by atoms with Crippen molar-refractivity contribution in [1.82, 2.24) is 14.8 Å². The van der Waals surface area contributed by atoms with E-state index in [1.807, 2.05) is 6.07 Å². The van der Waals surface area contributed by atoms with E-state index in [-0.39, 0.29) is 17.7 Å². The smallest absolute Gasteiger partial charge is 0.378 e. The average molecular weight is 276 g/mol. The van der Waals surface area contributed by atoms with Gasteiger partial charge in [-0.2, -0.15) is 4.98 Å². The number of halogens is 1. The van der Waals surface area contributed by atoms with Crippen LogP contribution in [0.15, 0.2) is 24.3 Å². The van der Waals surface area contributed by atoms with Gasteiger partial charge in [0.2, 0.25) is 5.95 Å². The van der Waals surface area contributed by atoms with Crippen LogP contribution in [0, 0.1) is 5.82 Å². The number of carbonyl (C=O) groups is 1. The molecule has 20 heavy (non-hydrogen) atoms. The normalized spacial score (nSPS) is 17.2. The molecule has 3 rings (SSSR count). The number of hydrogen-bond acceptors (Lipinski definition) is 5. The van der Waals surface area contributed by atoms with Crippen molar-refractivity contribution in [3.8, 4) is 0 Å². The molecule has 2 aromatic rings. The van der Waals surface area contributed by atoms with Gasteiger partial charge < -0.3 is 10.1 Å². The van der Waals surface area contributed by atoms with Crippen LogP contribution in [-0.2, 0) is 4.74 Å². The Morgan fingerprint density at radius 3 is 3.15 bits per heavy atom. The van der Waals surface area contributed by atoms with Gasteiger partial charge in [-0.1, -0.05) is 12.1 Å². The second kappa shape index (κ2) is 4.92. The molecule has 0 aliphatic carbocycles. The summed E-state index contributed by atoms with van der Waals surface area (Å²) in [6.07, 6.45) is 0.737. The van der Waals surface area contributed by atoms with Crippen molar-refractivity contribution in [1.29, 1.82) is 0 Å². The number of anilines is 1. The van der Waals surface area contributed by atoms with Crippen LogP contribution >= 0.6 is 0 Å². The molecule has 0 saturated carbocycles. The van der Waals surface area contributed by atoms with Crippen LogP contribution in [0.2, 0.25) is 0 Å². The first kappa shape index (κ1) is 12.6. The predicted molar refractivity (Wildman–Crippen MR) is 69.0 cm³/mol. The van der Waals surface area contributed by atoms with Crippen LogP contribution in [0.5, 0.6) is 0 Å². The lowest BCUT2D eigenvalue weighted by molar-refractivity contribution is 0.0586. The molecule has 6 nitrogen and oxygen atoms in total. The number of ether oxygens (including phenoxy) is 1. The number of aromatic nitrogens is 3. The van der Waals surface area contributed by atoms with E-state index in [0.29, 0.717) is 12.5 Å². The first-order chi connectivity index (χ1) is 9.69. The van der Waals surface area contributed by atoms with Gasteiger partial charge in [0.05, 0.1) is 13.2 Å². The van der Waals surface area contributed by atoms with Crippen LogP contribution in [0.1, 0.15) is 28.6 Å². The summed E-state index contributed by atoms with van der Waals surface area (Å²) in [4.78, 5) is 15.6. The molecule has 104 valence electrons. The van der Waals surface area contributed by atoms with Crippen molar-refractivity contribution in [3.05, 3.63) is 41.5 Å². The number of methoxy groups -OCH3 is 1. The minimum absolute atomic E-state index is 0.00157. The molecule has 2 heterocycles. The molecule has 1 aromatic heterocycles. The van der Waals surface area contributed by atoms with E-state index < -0.39 is 5.97 Å². The Hall–Kier alpha value is -2.44. The van der Waals surface area contributed by atoms with Crippen LogP contribution in [-0.4, -0.2) is 34.4 Å². The van der Waals surface area contributed by atoms with Gasteiger partial charge in [-0.25, -0.2) is 13.9 Å². The highest BCUT2D eigenvalue weighted by atomic mass is 19.1. The van der Waals surface area contributed by atoms with Gasteiger partial charge in [-0.3, -0.25) is 0 Å². The van der Waals surface area contributed by atoms with Gasteiger partial charge in [0.25, 0.3) is 5.82 Å². The number of rotatable bonds is 2. The number of esters is 1. The lowest BCUT2D eigenvalue weighted by Gasteiger charge is -2.24. The molecule has 1 N–H and O–H groups in total. The summed E-state index contributed by atoms with van der Waals surface area (Å²) in [6, 6.07) is 6.21. The van der Waals surface area contributed by atoms with E-state index in [2.05, 4.69) is 20.1 Å². The summed E-state index contributed by atoms with van der Waals surface area (Å²) in [5.74, 6) is -0.396. The van der Waals surface area contributed by atoms with E-state index >= 15 is 0 Å². The molecule has 0 bridgehead atoms. The van der Waals surface area contributed by atoms with E-state index in [0.717, 1.165) is 12.0 Å². The Kier molecular flexibility index (Phi) is 3.09. The zero-order valence-corrected chi connectivity index (χ0v) is 10.8. The first-order valence-corrected chi connectivity index (χ1v) is 6.23. The highest BCUT2D eigenvalue weighted by Gasteiger charge is 2.26. The summed E-state index contributed by atoms with van der Waals surface area (Å²) in [5, 5.41) is 7.22. The van der Waals surface area contributed by atoms with Crippen molar-refractivity contribution in [2.45, 2.75) is 12.5 Å². The average Bonchev–Trinajstić information content (AvgIpc) is 2.90.